The largest absolute Gasteiger partial charge is 0.395 e. The number of thiazole rings is 1. The van der Waals surface area contributed by atoms with Crippen LogP contribution >= 0.6 is 11.3 Å². The maximum absolute atomic E-state index is 14.1. The van der Waals surface area contributed by atoms with Crippen molar-refractivity contribution in [2.45, 2.75) is 70.0 Å². The molecule has 2 fully saturated rings. The molecule has 3 aromatic rings. The molecule has 3 N–H and O–H groups in total. The van der Waals surface area contributed by atoms with Crippen molar-refractivity contribution in [2.75, 3.05) is 19.7 Å². The normalized spacial score (nSPS) is 19.9. The van der Waals surface area contributed by atoms with Crippen LogP contribution in [0.25, 0.3) is 21.3 Å². The van der Waals surface area contributed by atoms with E-state index in [4.69, 9.17) is 10.1 Å². The zero-order valence-electron chi connectivity index (χ0n) is 22.1. The standard InChI is InChI=1S/C30H38N4O3S/c1-20(31-17-19-35)28(36)32-26(22-12-6-3-7-13-22)30(37)34-18-9-15-24(34)29-33-27-23(14-8-16-25(27)38-29)21-10-4-2-5-11-21/h2,4-5,8,10-11,14,16,20,22,24,26,31,35H,3,6-7,9,12-13,15,17-19H2,1H3,(H,32,36)/t20-,24?,26+/m1/s1. The highest BCUT2D eigenvalue weighted by Gasteiger charge is 2.40. The Morgan fingerprint density at radius 2 is 1.84 bits per heavy atom. The lowest BCUT2D eigenvalue weighted by Gasteiger charge is -2.35. The van der Waals surface area contributed by atoms with Gasteiger partial charge in [-0.15, -0.1) is 11.3 Å². The van der Waals surface area contributed by atoms with Gasteiger partial charge in [-0.05, 0) is 50.2 Å². The maximum Gasteiger partial charge on any atom is 0.246 e. The van der Waals surface area contributed by atoms with Crippen molar-refractivity contribution in [2.24, 2.45) is 5.92 Å². The number of hydrogen-bond donors (Lipinski definition) is 3. The second kappa shape index (κ2) is 12.4. The quantitative estimate of drug-likeness (QED) is 0.371. The second-order valence-corrected chi connectivity index (χ2v) is 11.6. The van der Waals surface area contributed by atoms with Crippen LogP contribution in [0.1, 0.15) is 62.9 Å². The highest BCUT2D eigenvalue weighted by molar-refractivity contribution is 7.18. The number of carbonyl (C=O) groups is 2. The Morgan fingerprint density at radius 3 is 2.61 bits per heavy atom. The van der Waals surface area contributed by atoms with Crippen molar-refractivity contribution in [1.29, 1.82) is 0 Å². The van der Waals surface area contributed by atoms with Gasteiger partial charge < -0.3 is 20.6 Å². The molecule has 2 aromatic carbocycles. The molecule has 2 heterocycles. The van der Waals surface area contributed by atoms with Crippen LogP contribution in [0.2, 0.25) is 0 Å². The number of aliphatic hydroxyl groups excluding tert-OH is 1. The first-order valence-electron chi connectivity index (χ1n) is 14.0. The fourth-order valence-electron chi connectivity index (χ4n) is 5.93. The first-order chi connectivity index (χ1) is 18.6. The highest BCUT2D eigenvalue weighted by atomic mass is 32.1. The van der Waals surface area contributed by atoms with Gasteiger partial charge in [0.05, 0.1) is 28.9 Å². The predicted molar refractivity (Wildman–Crippen MR) is 152 cm³/mol. The Morgan fingerprint density at radius 1 is 1.05 bits per heavy atom. The average molecular weight is 535 g/mol. The summed E-state index contributed by atoms with van der Waals surface area (Å²) in [5, 5.41) is 16.2. The Kier molecular flexibility index (Phi) is 8.72. The number of carbonyl (C=O) groups excluding carboxylic acids is 2. The van der Waals surface area contributed by atoms with E-state index in [2.05, 4.69) is 41.0 Å². The predicted octanol–water partition coefficient (Wildman–Crippen LogP) is 4.66. The van der Waals surface area contributed by atoms with Crippen LogP contribution in [-0.2, 0) is 9.59 Å². The van der Waals surface area contributed by atoms with E-state index in [1.54, 1.807) is 18.3 Å². The van der Waals surface area contributed by atoms with Crippen LogP contribution in [0, 0.1) is 5.92 Å². The molecule has 1 aromatic heterocycles. The first-order valence-corrected chi connectivity index (χ1v) is 14.8. The molecule has 1 unspecified atom stereocenters. The molecule has 1 saturated carbocycles. The average Bonchev–Trinajstić information content (AvgIpc) is 3.62. The summed E-state index contributed by atoms with van der Waals surface area (Å²) in [4.78, 5) is 34.2. The van der Waals surface area contributed by atoms with E-state index < -0.39 is 12.1 Å². The molecule has 0 spiro atoms. The summed E-state index contributed by atoms with van der Waals surface area (Å²) in [6, 6.07) is 15.5. The molecule has 202 valence electrons. The fourth-order valence-corrected chi connectivity index (χ4v) is 7.07. The highest BCUT2D eigenvalue weighted by Crippen LogP contribution is 2.40. The minimum absolute atomic E-state index is 0.0182. The molecule has 8 heteroatoms. The van der Waals surface area contributed by atoms with Crippen LogP contribution in [0.15, 0.2) is 48.5 Å². The number of para-hydroxylation sites is 1. The molecular formula is C30H38N4O3S. The first kappa shape index (κ1) is 26.8. The second-order valence-electron chi connectivity index (χ2n) is 10.5. The molecule has 5 rings (SSSR count). The Labute approximate surface area is 228 Å². The van der Waals surface area contributed by atoms with Gasteiger partial charge in [0, 0.05) is 18.7 Å². The smallest absolute Gasteiger partial charge is 0.246 e. The number of fused-ring (bicyclic) bond motifs is 1. The van der Waals surface area contributed by atoms with Crippen LogP contribution in [0.5, 0.6) is 0 Å². The van der Waals surface area contributed by atoms with E-state index in [1.165, 1.54) is 6.42 Å². The lowest BCUT2D eigenvalue weighted by Crippen LogP contribution is -2.56. The van der Waals surface area contributed by atoms with Crippen molar-refractivity contribution in [1.82, 2.24) is 20.5 Å². The lowest BCUT2D eigenvalue weighted by molar-refractivity contribution is -0.139. The third-order valence-electron chi connectivity index (χ3n) is 7.98. The van der Waals surface area contributed by atoms with Gasteiger partial charge in [-0.2, -0.15) is 0 Å². The number of nitrogens with one attached hydrogen (secondary N) is 2. The van der Waals surface area contributed by atoms with Crippen LogP contribution in [0.4, 0.5) is 0 Å². The molecular weight excluding hydrogens is 496 g/mol. The van der Waals surface area contributed by atoms with Crippen LogP contribution in [0.3, 0.4) is 0 Å². The maximum atomic E-state index is 14.1. The van der Waals surface area contributed by atoms with E-state index in [-0.39, 0.29) is 30.4 Å². The van der Waals surface area contributed by atoms with Gasteiger partial charge in [-0.25, -0.2) is 4.98 Å². The molecule has 38 heavy (non-hydrogen) atoms. The van der Waals surface area contributed by atoms with E-state index in [1.807, 2.05) is 23.1 Å². The van der Waals surface area contributed by atoms with Crippen molar-refractivity contribution in [3.05, 3.63) is 53.5 Å². The Hall–Kier alpha value is -2.81. The molecule has 1 aliphatic heterocycles. The van der Waals surface area contributed by atoms with E-state index >= 15 is 0 Å². The summed E-state index contributed by atoms with van der Waals surface area (Å²) in [5.41, 5.74) is 3.23. The van der Waals surface area contributed by atoms with Crippen molar-refractivity contribution >= 4 is 33.4 Å². The Bertz CT molecular complexity index is 1240. The summed E-state index contributed by atoms with van der Waals surface area (Å²) in [7, 11) is 0. The van der Waals surface area contributed by atoms with Gasteiger partial charge in [0.25, 0.3) is 0 Å². The number of nitrogens with zero attached hydrogens (tertiary/aromatic N) is 2. The lowest BCUT2D eigenvalue weighted by atomic mass is 9.83. The van der Waals surface area contributed by atoms with Gasteiger partial charge >= 0.3 is 0 Å². The minimum atomic E-state index is -0.531. The number of aliphatic hydroxyl groups is 1. The molecule has 0 bridgehead atoms. The molecule has 7 nitrogen and oxygen atoms in total. The molecule has 2 amide bonds. The van der Waals surface area contributed by atoms with Gasteiger partial charge in [-0.1, -0.05) is 61.7 Å². The van der Waals surface area contributed by atoms with Crippen molar-refractivity contribution < 1.29 is 14.7 Å². The number of rotatable bonds is 9. The number of benzene rings is 2. The summed E-state index contributed by atoms with van der Waals surface area (Å²) < 4.78 is 1.13. The summed E-state index contributed by atoms with van der Waals surface area (Å²) in [6.45, 7) is 2.76. The molecule has 2 aliphatic rings. The minimum Gasteiger partial charge on any atom is -0.395 e. The summed E-state index contributed by atoms with van der Waals surface area (Å²) >= 11 is 1.67. The summed E-state index contributed by atoms with van der Waals surface area (Å²) in [5.74, 6) is -0.0261. The van der Waals surface area contributed by atoms with E-state index in [0.717, 1.165) is 64.9 Å². The van der Waals surface area contributed by atoms with E-state index in [9.17, 15) is 9.59 Å². The molecule has 1 saturated heterocycles. The zero-order chi connectivity index (χ0) is 26.5. The molecule has 0 radical (unpaired) electrons. The number of likely N-dealkylation sites (tertiary alicyclic amines) is 1. The monoisotopic (exact) mass is 534 g/mol. The molecule has 1 aliphatic carbocycles. The summed E-state index contributed by atoms with van der Waals surface area (Å²) in [6.07, 6.45) is 7.08. The van der Waals surface area contributed by atoms with Gasteiger partial charge in [0.15, 0.2) is 0 Å². The van der Waals surface area contributed by atoms with Crippen molar-refractivity contribution in [3.63, 3.8) is 0 Å². The SMILES string of the molecule is C[C@@H](NCCO)C(=O)N[C@H](C(=O)N1CCCC1c1nc2c(-c3ccccc3)cccc2s1)C1CCCCC1. The molecule has 3 atom stereocenters. The van der Waals surface area contributed by atoms with Gasteiger partial charge in [0.1, 0.15) is 11.0 Å². The zero-order valence-corrected chi connectivity index (χ0v) is 22.9. The van der Waals surface area contributed by atoms with Crippen molar-refractivity contribution in [3.8, 4) is 11.1 Å². The van der Waals surface area contributed by atoms with Crippen LogP contribution < -0.4 is 10.6 Å². The fraction of sp³-hybridized carbons (Fsp3) is 0.500. The van der Waals surface area contributed by atoms with Gasteiger partial charge in [0.2, 0.25) is 11.8 Å². The third-order valence-corrected chi connectivity index (χ3v) is 9.10. The van der Waals surface area contributed by atoms with Crippen LogP contribution in [-0.4, -0.2) is 58.6 Å². The number of aromatic nitrogens is 1. The number of amides is 2. The topological polar surface area (TPSA) is 94.6 Å². The van der Waals surface area contributed by atoms with Gasteiger partial charge in [-0.3, -0.25) is 9.59 Å². The number of hydrogen-bond acceptors (Lipinski definition) is 6. The Balaban J connectivity index is 1.40. The third kappa shape index (κ3) is 5.77. The van der Waals surface area contributed by atoms with E-state index in [0.29, 0.717) is 13.1 Å².